The second-order valence-corrected chi connectivity index (χ2v) is 6.61. The zero-order valence-corrected chi connectivity index (χ0v) is 15.0. The van der Waals surface area contributed by atoms with Gasteiger partial charge < -0.3 is 15.4 Å². The van der Waals surface area contributed by atoms with E-state index in [2.05, 4.69) is 10.6 Å². The summed E-state index contributed by atoms with van der Waals surface area (Å²) in [5.41, 5.74) is 1.89. The van der Waals surface area contributed by atoms with Crippen molar-refractivity contribution in [2.45, 2.75) is 39.3 Å². The predicted molar refractivity (Wildman–Crippen MR) is 93.7 cm³/mol. The van der Waals surface area contributed by atoms with Crippen molar-refractivity contribution in [3.63, 3.8) is 0 Å². The lowest BCUT2D eigenvalue weighted by atomic mass is 10.1. The molecule has 0 aliphatic heterocycles. The molecule has 0 fully saturated rings. The molecule has 0 saturated carbocycles. The van der Waals surface area contributed by atoms with Gasteiger partial charge in [-0.05, 0) is 39.8 Å². The van der Waals surface area contributed by atoms with Gasteiger partial charge in [-0.3, -0.25) is 19.8 Å². The first-order valence-corrected chi connectivity index (χ1v) is 7.97. The van der Waals surface area contributed by atoms with E-state index in [-0.39, 0.29) is 29.7 Å². The molecule has 5 N–H and O–H groups in total. The first-order valence-electron chi connectivity index (χ1n) is 7.97. The second kappa shape index (κ2) is 9.14. The molecule has 0 unspecified atom stereocenters. The van der Waals surface area contributed by atoms with Crippen molar-refractivity contribution >= 4 is 17.8 Å². The molecular weight excluding hydrogens is 324 g/mol. The highest BCUT2D eigenvalue weighted by Crippen LogP contribution is 2.09. The summed E-state index contributed by atoms with van der Waals surface area (Å²) in [4.78, 5) is 35.6. The molecule has 0 spiro atoms. The third-order valence-electron chi connectivity index (χ3n) is 3.06. The summed E-state index contributed by atoms with van der Waals surface area (Å²) >= 11 is 0. The summed E-state index contributed by atoms with van der Waals surface area (Å²) in [6.07, 6.45) is 0. The lowest BCUT2D eigenvalue weighted by molar-refractivity contribution is -0.153. The fourth-order valence-electron chi connectivity index (χ4n) is 2.08. The van der Waals surface area contributed by atoms with Crippen molar-refractivity contribution in [2.75, 3.05) is 13.1 Å². The molecule has 0 saturated heterocycles. The number of nitrogen functional groups attached to an aromatic ring is 1. The number of hydrogen-bond donors (Lipinski definition) is 4. The first kappa shape index (κ1) is 20.6. The minimum absolute atomic E-state index is 0.0453. The zero-order chi connectivity index (χ0) is 19.0. The quantitative estimate of drug-likeness (QED) is 0.243. The van der Waals surface area contributed by atoms with E-state index in [4.69, 9.17) is 10.6 Å². The molecular formula is C17H26N4O4. The van der Waals surface area contributed by atoms with Gasteiger partial charge in [-0.1, -0.05) is 12.1 Å². The van der Waals surface area contributed by atoms with Crippen LogP contribution in [0.3, 0.4) is 0 Å². The number of rotatable bonds is 7. The van der Waals surface area contributed by atoms with E-state index in [0.717, 1.165) is 0 Å². The fraction of sp³-hybridized carbons (Fsp3) is 0.471. The molecule has 0 aliphatic carbocycles. The molecule has 25 heavy (non-hydrogen) atoms. The van der Waals surface area contributed by atoms with Crippen LogP contribution >= 0.6 is 0 Å². The topological polar surface area (TPSA) is 123 Å². The lowest BCUT2D eigenvalue weighted by Gasteiger charge is -2.20. The van der Waals surface area contributed by atoms with Crippen molar-refractivity contribution in [1.82, 2.24) is 16.1 Å². The van der Waals surface area contributed by atoms with Crippen molar-refractivity contribution in [2.24, 2.45) is 5.84 Å². The maximum atomic E-state index is 12.3. The van der Waals surface area contributed by atoms with Crippen LogP contribution in [0.4, 0.5) is 0 Å². The van der Waals surface area contributed by atoms with Crippen molar-refractivity contribution in [1.29, 1.82) is 0 Å². The van der Waals surface area contributed by atoms with E-state index in [1.165, 1.54) is 6.07 Å². The minimum atomic E-state index is -0.540. The van der Waals surface area contributed by atoms with Crippen LogP contribution in [0, 0.1) is 0 Å². The maximum absolute atomic E-state index is 12.3. The number of benzene rings is 1. The molecule has 1 atom stereocenters. The largest absolute Gasteiger partial charge is 0.459 e. The molecule has 1 rings (SSSR count). The molecule has 8 nitrogen and oxygen atoms in total. The number of nitrogens with two attached hydrogens (primary N) is 1. The van der Waals surface area contributed by atoms with Crippen LogP contribution in [0.25, 0.3) is 0 Å². The number of hydrogen-bond acceptors (Lipinski definition) is 6. The Hall–Kier alpha value is -2.45. The predicted octanol–water partition coefficient (Wildman–Crippen LogP) is 0.340. The Labute approximate surface area is 147 Å². The van der Waals surface area contributed by atoms with Crippen LogP contribution < -0.4 is 21.9 Å². The van der Waals surface area contributed by atoms with E-state index in [1.54, 1.807) is 45.9 Å². The Kier molecular flexibility index (Phi) is 7.53. The molecule has 0 bridgehead atoms. The van der Waals surface area contributed by atoms with Crippen LogP contribution in [0.5, 0.6) is 0 Å². The normalized spacial score (nSPS) is 12.2. The van der Waals surface area contributed by atoms with Crippen LogP contribution in [0.2, 0.25) is 0 Å². The van der Waals surface area contributed by atoms with E-state index < -0.39 is 17.4 Å². The van der Waals surface area contributed by atoms with Crippen LogP contribution in [-0.4, -0.2) is 42.5 Å². The van der Waals surface area contributed by atoms with E-state index >= 15 is 0 Å². The highest BCUT2D eigenvalue weighted by Gasteiger charge is 2.18. The average molecular weight is 350 g/mol. The molecule has 1 aromatic carbocycles. The monoisotopic (exact) mass is 350 g/mol. The van der Waals surface area contributed by atoms with Gasteiger partial charge in [-0.15, -0.1) is 0 Å². The lowest BCUT2D eigenvalue weighted by Crippen LogP contribution is -2.42. The smallest absolute Gasteiger partial charge is 0.320 e. The molecule has 1 aromatic rings. The summed E-state index contributed by atoms with van der Waals surface area (Å²) in [7, 11) is 0. The molecule has 8 heteroatoms. The molecule has 0 aliphatic rings. The highest BCUT2D eigenvalue weighted by molar-refractivity contribution is 6.07. The SMILES string of the molecule is C[C@@H](CNCC(=O)OC(C)(C)C)NC(=O)c1ccccc1C(=O)NN. The van der Waals surface area contributed by atoms with Gasteiger partial charge in [0.2, 0.25) is 0 Å². The van der Waals surface area contributed by atoms with Gasteiger partial charge in [-0.2, -0.15) is 0 Å². The molecule has 138 valence electrons. The Morgan fingerprint density at radius 3 is 2.20 bits per heavy atom. The highest BCUT2D eigenvalue weighted by atomic mass is 16.6. The molecule has 0 radical (unpaired) electrons. The number of nitrogens with one attached hydrogen (secondary N) is 3. The Morgan fingerprint density at radius 1 is 1.12 bits per heavy atom. The molecule has 0 heterocycles. The van der Waals surface area contributed by atoms with Crippen molar-refractivity contribution in [3.05, 3.63) is 35.4 Å². The van der Waals surface area contributed by atoms with Gasteiger partial charge in [0.1, 0.15) is 5.60 Å². The van der Waals surface area contributed by atoms with Gasteiger partial charge in [0.25, 0.3) is 11.8 Å². The van der Waals surface area contributed by atoms with Gasteiger partial charge in [0, 0.05) is 12.6 Å². The van der Waals surface area contributed by atoms with E-state index in [0.29, 0.717) is 6.54 Å². The Balaban J connectivity index is 2.53. The maximum Gasteiger partial charge on any atom is 0.320 e. The number of amides is 2. The summed E-state index contributed by atoms with van der Waals surface area (Å²) < 4.78 is 5.18. The fourth-order valence-corrected chi connectivity index (χ4v) is 2.08. The van der Waals surface area contributed by atoms with Crippen molar-refractivity contribution in [3.8, 4) is 0 Å². The number of ether oxygens (including phenoxy) is 1. The van der Waals surface area contributed by atoms with Gasteiger partial charge >= 0.3 is 5.97 Å². The Bertz CT molecular complexity index is 625. The number of esters is 1. The number of carbonyl (C=O) groups excluding carboxylic acids is 3. The van der Waals surface area contributed by atoms with Crippen molar-refractivity contribution < 1.29 is 19.1 Å². The first-order chi connectivity index (χ1) is 11.6. The molecule has 0 aromatic heterocycles. The van der Waals surface area contributed by atoms with Crippen LogP contribution in [0.1, 0.15) is 48.4 Å². The van der Waals surface area contributed by atoms with Crippen LogP contribution in [0.15, 0.2) is 24.3 Å². The van der Waals surface area contributed by atoms with Gasteiger partial charge in [0.05, 0.1) is 17.7 Å². The Morgan fingerprint density at radius 2 is 1.68 bits per heavy atom. The third kappa shape index (κ3) is 7.32. The minimum Gasteiger partial charge on any atom is -0.459 e. The summed E-state index contributed by atoms with van der Waals surface area (Å²) in [5, 5.41) is 5.69. The van der Waals surface area contributed by atoms with Crippen LogP contribution in [-0.2, 0) is 9.53 Å². The third-order valence-corrected chi connectivity index (χ3v) is 3.06. The summed E-state index contributed by atoms with van der Waals surface area (Å²) in [6, 6.07) is 6.10. The summed E-state index contributed by atoms with van der Waals surface area (Å²) in [5.74, 6) is 3.82. The number of carbonyl (C=O) groups is 3. The van der Waals surface area contributed by atoms with E-state index in [9.17, 15) is 14.4 Å². The molecule has 2 amide bonds. The van der Waals surface area contributed by atoms with Gasteiger partial charge in [-0.25, -0.2) is 5.84 Å². The summed E-state index contributed by atoms with van der Waals surface area (Å²) in [6.45, 7) is 7.58. The zero-order valence-electron chi connectivity index (χ0n) is 15.0. The second-order valence-electron chi connectivity index (χ2n) is 6.61. The number of hydrazine groups is 1. The standard InChI is InChI=1S/C17H26N4O4/c1-11(9-19-10-14(22)25-17(2,3)4)20-15(23)12-7-5-6-8-13(12)16(24)21-18/h5-8,11,19H,9-10,18H2,1-4H3,(H,20,23)(H,21,24)/t11-/m0/s1. The van der Waals surface area contributed by atoms with Gasteiger partial charge in [0.15, 0.2) is 0 Å². The average Bonchev–Trinajstić information content (AvgIpc) is 2.52. The van der Waals surface area contributed by atoms with E-state index in [1.807, 2.05) is 5.43 Å².